The van der Waals surface area contributed by atoms with Gasteiger partial charge in [0.1, 0.15) is 17.5 Å². The Bertz CT molecular complexity index is 840. The fourth-order valence-electron chi connectivity index (χ4n) is 3.13. The second kappa shape index (κ2) is 13.6. The Labute approximate surface area is 195 Å². The maximum Gasteiger partial charge on any atom is 0.242 e. The Balaban J connectivity index is 1.98. The molecule has 2 rings (SSSR count). The van der Waals surface area contributed by atoms with Crippen LogP contribution in [0.2, 0.25) is 5.02 Å². The zero-order valence-corrected chi connectivity index (χ0v) is 19.9. The lowest BCUT2D eigenvalue weighted by molar-refractivity contribution is -0.140. The zero-order valence-electron chi connectivity index (χ0n) is 19.1. The summed E-state index contributed by atoms with van der Waals surface area (Å²) in [6, 6.07) is 14.1. The Morgan fingerprint density at radius 3 is 2.31 bits per heavy atom. The maximum absolute atomic E-state index is 13.1. The molecule has 32 heavy (non-hydrogen) atoms. The molecule has 0 saturated carbocycles. The second-order valence-electron chi connectivity index (χ2n) is 7.60. The van der Waals surface area contributed by atoms with Crippen LogP contribution in [0.4, 0.5) is 0 Å². The molecule has 0 bridgehead atoms. The molecule has 0 radical (unpaired) electrons. The minimum atomic E-state index is -0.571. The molecular weight excluding hydrogens is 428 g/mol. The van der Waals surface area contributed by atoms with Crippen molar-refractivity contribution in [3.8, 4) is 11.5 Å². The molecule has 0 heterocycles. The molecule has 6 nitrogen and oxygen atoms in total. The first-order valence-corrected chi connectivity index (χ1v) is 11.4. The third kappa shape index (κ3) is 8.42. The number of halogens is 1. The van der Waals surface area contributed by atoms with E-state index in [2.05, 4.69) is 12.2 Å². The van der Waals surface area contributed by atoms with Crippen molar-refractivity contribution >= 4 is 23.4 Å². The molecule has 0 aromatic heterocycles. The molecule has 0 saturated heterocycles. The van der Waals surface area contributed by atoms with Gasteiger partial charge in [-0.2, -0.15) is 0 Å². The van der Waals surface area contributed by atoms with E-state index in [-0.39, 0.29) is 18.2 Å². The average Bonchev–Trinajstić information content (AvgIpc) is 2.81. The lowest BCUT2D eigenvalue weighted by atomic mass is 10.1. The number of rotatable bonds is 13. The van der Waals surface area contributed by atoms with Gasteiger partial charge in [-0.1, -0.05) is 37.1 Å². The number of hydrogen-bond acceptors (Lipinski definition) is 4. The second-order valence-corrected chi connectivity index (χ2v) is 8.03. The Kier molecular flexibility index (Phi) is 10.9. The van der Waals surface area contributed by atoms with Crippen LogP contribution in [-0.2, 0) is 16.1 Å². The maximum atomic E-state index is 13.1. The SMILES string of the molecule is CCCCNC(=O)C(C)N(Cc1ccc(OC)cc1)C(=O)CCCOc1ccc(Cl)cc1. The molecule has 2 aromatic carbocycles. The standard InChI is InChI=1S/C25H33ClN2O4/c1-4-5-16-27-25(30)19(2)28(18-20-8-12-22(31-3)13-9-20)24(29)7-6-17-32-23-14-10-21(26)11-15-23/h8-15,19H,4-7,16-18H2,1-3H3,(H,27,30). The largest absolute Gasteiger partial charge is 0.497 e. The Morgan fingerprint density at radius 2 is 1.69 bits per heavy atom. The van der Waals surface area contributed by atoms with Gasteiger partial charge < -0.3 is 19.7 Å². The van der Waals surface area contributed by atoms with Crippen LogP contribution in [0.1, 0.15) is 45.1 Å². The Hall–Kier alpha value is -2.73. The van der Waals surface area contributed by atoms with Crippen LogP contribution in [0.25, 0.3) is 0 Å². The van der Waals surface area contributed by atoms with E-state index in [0.717, 1.165) is 24.2 Å². The molecule has 1 unspecified atom stereocenters. The van der Waals surface area contributed by atoms with Gasteiger partial charge in [0.15, 0.2) is 0 Å². The van der Waals surface area contributed by atoms with Gasteiger partial charge in [0, 0.05) is 24.5 Å². The van der Waals surface area contributed by atoms with Crippen LogP contribution >= 0.6 is 11.6 Å². The molecule has 0 fully saturated rings. The van der Waals surface area contributed by atoms with E-state index in [0.29, 0.717) is 36.9 Å². The number of unbranched alkanes of at least 4 members (excludes halogenated alkanes) is 1. The lowest BCUT2D eigenvalue weighted by Crippen LogP contribution is -2.47. The van der Waals surface area contributed by atoms with Crippen LogP contribution in [0.3, 0.4) is 0 Å². The number of carbonyl (C=O) groups excluding carboxylic acids is 2. The van der Waals surface area contributed by atoms with Crippen molar-refractivity contribution in [2.24, 2.45) is 0 Å². The van der Waals surface area contributed by atoms with Crippen LogP contribution in [-0.4, -0.2) is 43.0 Å². The average molecular weight is 461 g/mol. The molecule has 7 heteroatoms. The molecule has 174 valence electrons. The van der Waals surface area contributed by atoms with E-state index in [1.54, 1.807) is 43.2 Å². The summed E-state index contributed by atoms with van der Waals surface area (Å²) in [6.07, 6.45) is 2.74. The molecule has 2 amide bonds. The summed E-state index contributed by atoms with van der Waals surface area (Å²) in [5, 5.41) is 3.57. The minimum Gasteiger partial charge on any atom is -0.497 e. The summed E-state index contributed by atoms with van der Waals surface area (Å²) in [5.41, 5.74) is 0.935. The molecule has 0 aliphatic rings. The highest BCUT2D eigenvalue weighted by Gasteiger charge is 2.25. The number of benzene rings is 2. The van der Waals surface area contributed by atoms with Gasteiger partial charge in [-0.3, -0.25) is 9.59 Å². The number of hydrogen-bond donors (Lipinski definition) is 1. The van der Waals surface area contributed by atoms with Gasteiger partial charge in [0.25, 0.3) is 0 Å². The van der Waals surface area contributed by atoms with Gasteiger partial charge in [0.2, 0.25) is 11.8 Å². The summed E-state index contributed by atoms with van der Waals surface area (Å²) in [4.78, 5) is 27.3. The van der Waals surface area contributed by atoms with E-state index in [9.17, 15) is 9.59 Å². The van der Waals surface area contributed by atoms with Crippen molar-refractivity contribution in [1.29, 1.82) is 0 Å². The highest BCUT2D eigenvalue weighted by molar-refractivity contribution is 6.30. The molecule has 1 N–H and O–H groups in total. The summed E-state index contributed by atoms with van der Waals surface area (Å²) >= 11 is 5.88. The van der Waals surface area contributed by atoms with Gasteiger partial charge in [-0.25, -0.2) is 0 Å². The van der Waals surface area contributed by atoms with Crippen molar-refractivity contribution in [2.75, 3.05) is 20.3 Å². The van der Waals surface area contributed by atoms with Gasteiger partial charge in [-0.15, -0.1) is 0 Å². The molecule has 1 atom stereocenters. The zero-order chi connectivity index (χ0) is 23.3. The summed E-state index contributed by atoms with van der Waals surface area (Å²) in [6.45, 7) is 5.21. The van der Waals surface area contributed by atoms with Crippen molar-refractivity contribution in [2.45, 2.75) is 52.1 Å². The summed E-state index contributed by atoms with van der Waals surface area (Å²) in [7, 11) is 1.61. The topological polar surface area (TPSA) is 67.9 Å². The van der Waals surface area contributed by atoms with E-state index >= 15 is 0 Å². The first-order valence-electron chi connectivity index (χ1n) is 11.0. The fourth-order valence-corrected chi connectivity index (χ4v) is 3.26. The van der Waals surface area contributed by atoms with E-state index in [1.807, 2.05) is 24.3 Å². The van der Waals surface area contributed by atoms with Crippen LogP contribution < -0.4 is 14.8 Å². The normalized spacial score (nSPS) is 11.5. The van der Waals surface area contributed by atoms with Crippen molar-refractivity contribution in [3.05, 3.63) is 59.1 Å². The van der Waals surface area contributed by atoms with Gasteiger partial charge >= 0.3 is 0 Å². The molecule has 2 aromatic rings. The predicted molar refractivity (Wildman–Crippen MR) is 127 cm³/mol. The fraction of sp³-hybridized carbons (Fsp3) is 0.440. The minimum absolute atomic E-state index is 0.0846. The quantitative estimate of drug-likeness (QED) is 0.434. The number of nitrogens with one attached hydrogen (secondary N) is 1. The smallest absolute Gasteiger partial charge is 0.242 e. The third-order valence-electron chi connectivity index (χ3n) is 5.13. The molecule has 0 aliphatic carbocycles. The molecule has 0 spiro atoms. The highest BCUT2D eigenvalue weighted by Crippen LogP contribution is 2.18. The van der Waals surface area contributed by atoms with Crippen LogP contribution in [0.5, 0.6) is 11.5 Å². The first-order chi connectivity index (χ1) is 15.4. The number of nitrogens with zero attached hydrogens (tertiary/aromatic N) is 1. The van der Waals surface area contributed by atoms with Crippen molar-refractivity contribution in [3.63, 3.8) is 0 Å². The van der Waals surface area contributed by atoms with Gasteiger partial charge in [-0.05, 0) is 61.7 Å². The Morgan fingerprint density at radius 1 is 1.03 bits per heavy atom. The number of ether oxygens (including phenoxy) is 2. The van der Waals surface area contributed by atoms with E-state index in [1.165, 1.54) is 0 Å². The van der Waals surface area contributed by atoms with Gasteiger partial charge in [0.05, 0.1) is 13.7 Å². The number of carbonyl (C=O) groups is 2. The lowest BCUT2D eigenvalue weighted by Gasteiger charge is -2.29. The molecular formula is C25H33ClN2O4. The molecule has 0 aliphatic heterocycles. The monoisotopic (exact) mass is 460 g/mol. The number of methoxy groups -OCH3 is 1. The van der Waals surface area contributed by atoms with Crippen molar-refractivity contribution in [1.82, 2.24) is 10.2 Å². The first kappa shape index (κ1) is 25.5. The highest BCUT2D eigenvalue weighted by atomic mass is 35.5. The van der Waals surface area contributed by atoms with E-state index in [4.69, 9.17) is 21.1 Å². The summed E-state index contributed by atoms with van der Waals surface area (Å²) in [5.74, 6) is 1.23. The van der Waals surface area contributed by atoms with Crippen LogP contribution in [0.15, 0.2) is 48.5 Å². The number of amides is 2. The summed E-state index contributed by atoms with van der Waals surface area (Å²) < 4.78 is 10.9. The third-order valence-corrected chi connectivity index (χ3v) is 5.38. The predicted octanol–water partition coefficient (Wildman–Crippen LogP) is 4.84. The van der Waals surface area contributed by atoms with Crippen molar-refractivity contribution < 1.29 is 19.1 Å². The van der Waals surface area contributed by atoms with E-state index < -0.39 is 6.04 Å². The van der Waals surface area contributed by atoms with Crippen LogP contribution in [0, 0.1) is 0 Å².